The summed E-state index contributed by atoms with van der Waals surface area (Å²) >= 11 is 0. The summed E-state index contributed by atoms with van der Waals surface area (Å²) in [5, 5.41) is 0. The van der Waals surface area contributed by atoms with Crippen LogP contribution in [0.2, 0.25) is 0 Å². The van der Waals surface area contributed by atoms with Crippen LogP contribution in [0.3, 0.4) is 0 Å². The summed E-state index contributed by atoms with van der Waals surface area (Å²) in [6, 6.07) is 0. The van der Waals surface area contributed by atoms with Crippen LogP contribution in [0.25, 0.3) is 0 Å². The third-order valence-corrected chi connectivity index (χ3v) is 8.17. The van der Waals surface area contributed by atoms with Crippen molar-refractivity contribution in [2.45, 2.75) is 143 Å². The van der Waals surface area contributed by atoms with Crippen LogP contribution in [-0.4, -0.2) is 87.3 Å². The number of nitrogens with zero attached hydrogens (tertiary/aromatic N) is 2. The van der Waals surface area contributed by atoms with Gasteiger partial charge in [-0.25, -0.2) is 0 Å². The van der Waals surface area contributed by atoms with Crippen molar-refractivity contribution >= 4 is 17.9 Å². The summed E-state index contributed by atoms with van der Waals surface area (Å²) in [5.41, 5.74) is 0. The monoisotopic (exact) mass is 677 g/mol. The van der Waals surface area contributed by atoms with Crippen molar-refractivity contribution in [1.82, 2.24) is 9.80 Å². The highest BCUT2D eigenvalue weighted by molar-refractivity contribution is 5.70. The number of rotatable bonds is 34. The minimum absolute atomic E-state index is 0.186. The Kier molecular flexibility index (Phi) is 34.0. The van der Waals surface area contributed by atoms with Gasteiger partial charge in [0.25, 0.3) is 0 Å². The van der Waals surface area contributed by atoms with E-state index in [-0.39, 0.29) is 30.7 Å². The van der Waals surface area contributed by atoms with Gasteiger partial charge in [-0.15, -0.1) is 0 Å². The predicted molar refractivity (Wildman–Crippen MR) is 199 cm³/mol. The molecule has 0 aromatic carbocycles. The topological polar surface area (TPSA) is 85.4 Å². The molecule has 0 aliphatic rings. The maximum Gasteiger partial charge on any atom is 0.307 e. The van der Waals surface area contributed by atoms with Gasteiger partial charge in [-0.3, -0.25) is 14.4 Å². The molecular formula is C40H72N2O6. The van der Waals surface area contributed by atoms with E-state index in [1.165, 1.54) is 77.0 Å². The van der Waals surface area contributed by atoms with Crippen LogP contribution < -0.4 is 0 Å². The minimum atomic E-state index is -0.232. The van der Waals surface area contributed by atoms with Gasteiger partial charge in [0.15, 0.2) is 0 Å². The average molecular weight is 677 g/mol. The Bertz CT molecular complexity index is 815. The van der Waals surface area contributed by atoms with E-state index in [0.29, 0.717) is 45.9 Å². The van der Waals surface area contributed by atoms with Crippen molar-refractivity contribution in [1.29, 1.82) is 0 Å². The second-order valence-electron chi connectivity index (χ2n) is 12.8. The Labute approximate surface area is 294 Å². The van der Waals surface area contributed by atoms with Crippen molar-refractivity contribution < 1.29 is 28.6 Å². The lowest BCUT2D eigenvalue weighted by atomic mass is 10.1. The fraction of sp³-hybridized carbons (Fsp3) is 0.775. The summed E-state index contributed by atoms with van der Waals surface area (Å²) in [4.78, 5) is 41.2. The average Bonchev–Trinajstić information content (AvgIpc) is 3.08. The Hall–Kier alpha value is -2.45. The smallest absolute Gasteiger partial charge is 0.307 e. The molecule has 0 aliphatic carbocycles. The molecule has 0 heterocycles. The van der Waals surface area contributed by atoms with Gasteiger partial charge in [-0.1, -0.05) is 115 Å². The summed E-state index contributed by atoms with van der Waals surface area (Å²) in [5.74, 6) is -0.651. The normalized spacial score (nSPS) is 11.9. The molecule has 8 nitrogen and oxygen atoms in total. The van der Waals surface area contributed by atoms with Crippen LogP contribution >= 0.6 is 0 Å². The van der Waals surface area contributed by atoms with Gasteiger partial charge in [0, 0.05) is 19.6 Å². The fourth-order valence-electron chi connectivity index (χ4n) is 5.06. The molecule has 278 valence electrons. The molecular weight excluding hydrogens is 604 g/mol. The minimum Gasteiger partial charge on any atom is -0.461 e. The summed E-state index contributed by atoms with van der Waals surface area (Å²) < 4.78 is 16.1. The highest BCUT2D eigenvalue weighted by atomic mass is 16.5. The Morgan fingerprint density at radius 3 is 1.19 bits per heavy atom. The first-order valence-electron chi connectivity index (χ1n) is 19.3. The first-order valence-corrected chi connectivity index (χ1v) is 19.3. The van der Waals surface area contributed by atoms with Crippen LogP contribution in [0.4, 0.5) is 0 Å². The number of carbonyl (C=O) groups excluding carboxylic acids is 3. The SMILES string of the molecule is CCCCCC/C=C\COC(=O)CCN(CCCN(C)CCC(=O)OC/C=C/CCCCCC)CCC(=O)OC/C=C\CCCCCC. The Morgan fingerprint density at radius 1 is 0.438 bits per heavy atom. The second-order valence-corrected chi connectivity index (χ2v) is 12.8. The van der Waals surface area contributed by atoms with Gasteiger partial charge in [-0.2, -0.15) is 0 Å². The zero-order valence-corrected chi connectivity index (χ0v) is 31.4. The predicted octanol–water partition coefficient (Wildman–Crippen LogP) is 8.99. The van der Waals surface area contributed by atoms with Gasteiger partial charge < -0.3 is 24.0 Å². The van der Waals surface area contributed by atoms with E-state index in [4.69, 9.17) is 14.2 Å². The number of carbonyl (C=O) groups is 3. The first kappa shape index (κ1) is 45.6. The molecule has 0 aromatic heterocycles. The third kappa shape index (κ3) is 33.5. The molecule has 0 N–H and O–H groups in total. The molecule has 0 fully saturated rings. The quantitative estimate of drug-likeness (QED) is 0.0289. The van der Waals surface area contributed by atoms with Crippen LogP contribution in [0.5, 0.6) is 0 Å². The van der Waals surface area contributed by atoms with Gasteiger partial charge in [0.2, 0.25) is 0 Å². The maximum atomic E-state index is 12.4. The van der Waals surface area contributed by atoms with E-state index in [2.05, 4.69) is 48.8 Å². The van der Waals surface area contributed by atoms with Crippen LogP contribution in [0.1, 0.15) is 143 Å². The zero-order chi connectivity index (χ0) is 35.3. The van der Waals surface area contributed by atoms with Crippen LogP contribution in [-0.2, 0) is 28.6 Å². The van der Waals surface area contributed by atoms with Crippen LogP contribution in [0, 0.1) is 0 Å². The Balaban J connectivity index is 4.52. The molecule has 0 amide bonds. The molecule has 0 saturated heterocycles. The van der Waals surface area contributed by atoms with Crippen molar-refractivity contribution in [3.63, 3.8) is 0 Å². The lowest BCUT2D eigenvalue weighted by molar-refractivity contribution is -0.144. The van der Waals surface area contributed by atoms with Crippen molar-refractivity contribution in [2.24, 2.45) is 0 Å². The summed E-state index contributed by atoms with van der Waals surface area (Å²) in [6.45, 7) is 10.7. The lowest BCUT2D eigenvalue weighted by Crippen LogP contribution is -2.33. The van der Waals surface area contributed by atoms with Gasteiger partial charge in [0.05, 0.1) is 19.3 Å². The summed E-state index contributed by atoms with van der Waals surface area (Å²) in [7, 11) is 2.00. The van der Waals surface area contributed by atoms with Gasteiger partial charge >= 0.3 is 17.9 Å². The molecule has 48 heavy (non-hydrogen) atoms. The molecule has 0 atom stereocenters. The van der Waals surface area contributed by atoms with E-state index < -0.39 is 0 Å². The molecule has 0 unspecified atom stereocenters. The van der Waals surface area contributed by atoms with Crippen molar-refractivity contribution in [3.05, 3.63) is 36.5 Å². The molecule has 0 radical (unpaired) electrons. The standard InChI is InChI=1S/C40H72N2O6/c1-5-8-11-14-17-20-23-35-46-38(43)27-32-41(4)30-26-31-42(33-28-39(44)47-36-24-21-18-15-12-9-6-2)34-29-40(45)48-37-25-22-19-16-13-10-7-3/h20-25H,5-19,26-37H2,1-4H3/b23-20+,24-21-,25-22-. The van der Waals surface area contributed by atoms with Gasteiger partial charge in [0.1, 0.15) is 19.8 Å². The molecule has 0 bridgehead atoms. The second kappa shape index (κ2) is 35.8. The van der Waals surface area contributed by atoms with Crippen molar-refractivity contribution in [2.75, 3.05) is 59.6 Å². The third-order valence-electron chi connectivity index (χ3n) is 8.17. The molecule has 0 saturated carbocycles. The number of ether oxygens (including phenoxy) is 3. The van der Waals surface area contributed by atoms with E-state index in [0.717, 1.165) is 38.8 Å². The van der Waals surface area contributed by atoms with E-state index in [9.17, 15) is 14.4 Å². The largest absolute Gasteiger partial charge is 0.461 e. The number of unbranched alkanes of at least 4 members (excludes halogenated alkanes) is 12. The fourth-order valence-corrected chi connectivity index (χ4v) is 5.06. The van der Waals surface area contributed by atoms with E-state index in [1.807, 2.05) is 25.3 Å². The molecule has 0 spiro atoms. The summed E-state index contributed by atoms with van der Waals surface area (Å²) in [6.07, 6.45) is 31.6. The first-order chi connectivity index (χ1) is 23.4. The zero-order valence-electron chi connectivity index (χ0n) is 31.4. The molecule has 0 rings (SSSR count). The molecule has 0 aromatic rings. The molecule has 8 heteroatoms. The Morgan fingerprint density at radius 2 is 0.812 bits per heavy atom. The molecule has 0 aliphatic heterocycles. The number of allylic oxidation sites excluding steroid dienone is 3. The highest BCUT2D eigenvalue weighted by Crippen LogP contribution is 2.06. The van der Waals surface area contributed by atoms with E-state index in [1.54, 1.807) is 0 Å². The maximum absolute atomic E-state index is 12.4. The van der Waals surface area contributed by atoms with Crippen molar-refractivity contribution in [3.8, 4) is 0 Å². The van der Waals surface area contributed by atoms with E-state index >= 15 is 0 Å². The lowest BCUT2D eigenvalue weighted by Gasteiger charge is -2.23. The van der Waals surface area contributed by atoms with Crippen LogP contribution in [0.15, 0.2) is 36.5 Å². The van der Waals surface area contributed by atoms with Gasteiger partial charge in [-0.05, 0) is 65.1 Å². The number of esters is 3. The number of hydrogen-bond donors (Lipinski definition) is 0. The number of hydrogen-bond acceptors (Lipinski definition) is 8. The highest BCUT2D eigenvalue weighted by Gasteiger charge is 2.13.